The number of para-hydroxylation sites is 1. The van der Waals surface area contributed by atoms with Crippen LogP contribution in [0.2, 0.25) is 0 Å². The molecule has 4 heteroatoms. The van der Waals surface area contributed by atoms with Gasteiger partial charge in [-0.2, -0.15) is 0 Å². The van der Waals surface area contributed by atoms with E-state index in [4.69, 9.17) is 9.72 Å². The van der Waals surface area contributed by atoms with Gasteiger partial charge in [-0.3, -0.25) is 4.98 Å². The van der Waals surface area contributed by atoms with Crippen LogP contribution in [0.5, 0.6) is 11.5 Å². The van der Waals surface area contributed by atoms with Crippen LogP contribution in [-0.4, -0.2) is 9.97 Å². The fourth-order valence-electron chi connectivity index (χ4n) is 3.17. The van der Waals surface area contributed by atoms with Gasteiger partial charge in [0, 0.05) is 17.7 Å². The van der Waals surface area contributed by atoms with Crippen molar-refractivity contribution in [1.29, 1.82) is 0 Å². The van der Waals surface area contributed by atoms with Crippen molar-refractivity contribution in [3.63, 3.8) is 0 Å². The number of aromatic nitrogens is 2. The second kappa shape index (κ2) is 9.01. The number of fused-ring (bicyclic) bond motifs is 1. The van der Waals surface area contributed by atoms with Gasteiger partial charge >= 0.3 is 20.4 Å². The molecule has 0 radical (unpaired) electrons. The molecule has 0 fully saturated rings. The fraction of sp³-hybridized carbons (Fsp3) is 0. The van der Waals surface area contributed by atoms with Crippen LogP contribution in [0.1, 0.15) is 0 Å². The summed E-state index contributed by atoms with van der Waals surface area (Å²) in [5.74, 6) is 1.24. The van der Waals surface area contributed by atoms with E-state index in [1.54, 1.807) is 6.20 Å². The molecular formula is C26H16N2OPd. The van der Waals surface area contributed by atoms with Gasteiger partial charge in [-0.05, 0) is 28.9 Å². The molecule has 2 aromatic heterocycles. The summed E-state index contributed by atoms with van der Waals surface area (Å²) >= 11 is 0. The van der Waals surface area contributed by atoms with Crippen LogP contribution in [0.25, 0.3) is 33.4 Å². The molecule has 2 heterocycles. The summed E-state index contributed by atoms with van der Waals surface area (Å²) in [6.45, 7) is 0. The first-order valence-corrected chi connectivity index (χ1v) is 9.35. The van der Waals surface area contributed by atoms with Gasteiger partial charge in [0.05, 0.1) is 5.52 Å². The number of nitrogens with zero attached hydrogens (tertiary/aromatic N) is 2. The molecule has 0 amide bonds. The summed E-state index contributed by atoms with van der Waals surface area (Å²) in [5.41, 5.74) is 4.45. The van der Waals surface area contributed by atoms with E-state index < -0.39 is 0 Å². The zero-order chi connectivity index (χ0) is 19.5. The summed E-state index contributed by atoms with van der Waals surface area (Å²) in [7, 11) is 0. The molecule has 30 heavy (non-hydrogen) atoms. The van der Waals surface area contributed by atoms with Gasteiger partial charge in [0.25, 0.3) is 0 Å². The van der Waals surface area contributed by atoms with E-state index in [0.717, 1.165) is 33.4 Å². The second-order valence-electron chi connectivity index (χ2n) is 6.56. The van der Waals surface area contributed by atoms with Gasteiger partial charge in [0.2, 0.25) is 0 Å². The number of ether oxygens (including phenoxy) is 1. The first-order chi connectivity index (χ1) is 14.3. The van der Waals surface area contributed by atoms with E-state index in [-0.39, 0.29) is 20.4 Å². The van der Waals surface area contributed by atoms with Crippen molar-refractivity contribution in [1.82, 2.24) is 9.97 Å². The molecule has 0 N–H and O–H groups in total. The Labute approximate surface area is 189 Å². The minimum atomic E-state index is 0. The van der Waals surface area contributed by atoms with Crippen LogP contribution in [0.3, 0.4) is 0 Å². The smallest absolute Gasteiger partial charge is 0.497 e. The predicted octanol–water partition coefficient (Wildman–Crippen LogP) is 6.35. The van der Waals surface area contributed by atoms with Gasteiger partial charge in [0.1, 0.15) is 0 Å². The van der Waals surface area contributed by atoms with Crippen molar-refractivity contribution < 1.29 is 25.2 Å². The SMILES string of the molecule is [Pd+2].[c-]1c(Oc2[c-]c(-c3ccc4ccccc4n3)ccc2)cccc1-c1ccccn1. The molecule has 0 aliphatic rings. The monoisotopic (exact) mass is 478 g/mol. The molecule has 146 valence electrons. The molecule has 0 saturated carbocycles. The third kappa shape index (κ3) is 4.31. The van der Waals surface area contributed by atoms with Crippen LogP contribution in [0.4, 0.5) is 0 Å². The minimum Gasteiger partial charge on any atom is -0.497 e. The van der Waals surface area contributed by atoms with E-state index in [0.29, 0.717) is 11.5 Å². The summed E-state index contributed by atoms with van der Waals surface area (Å²) in [5, 5.41) is 1.12. The van der Waals surface area contributed by atoms with Gasteiger partial charge in [0.15, 0.2) is 0 Å². The number of hydrogen-bond acceptors (Lipinski definition) is 3. The molecular weight excluding hydrogens is 463 g/mol. The molecule has 3 nitrogen and oxygen atoms in total. The molecule has 3 aromatic carbocycles. The molecule has 0 bridgehead atoms. The molecule has 0 unspecified atom stereocenters. The predicted molar refractivity (Wildman–Crippen MR) is 115 cm³/mol. The number of benzene rings is 3. The van der Waals surface area contributed by atoms with E-state index in [2.05, 4.69) is 29.2 Å². The quantitative estimate of drug-likeness (QED) is 0.223. The topological polar surface area (TPSA) is 35.0 Å². The number of rotatable bonds is 4. The van der Waals surface area contributed by atoms with Crippen molar-refractivity contribution in [3.05, 3.63) is 109 Å². The number of hydrogen-bond donors (Lipinski definition) is 0. The van der Waals surface area contributed by atoms with Gasteiger partial charge in [-0.1, -0.05) is 54.6 Å². The molecule has 0 aliphatic carbocycles. The summed E-state index contributed by atoms with van der Waals surface area (Å²) < 4.78 is 6.02. The molecule has 0 aliphatic heterocycles. The van der Waals surface area contributed by atoms with Crippen molar-refractivity contribution in [2.45, 2.75) is 0 Å². The van der Waals surface area contributed by atoms with Gasteiger partial charge in [-0.15, -0.1) is 47.5 Å². The summed E-state index contributed by atoms with van der Waals surface area (Å²) in [6.07, 6.45) is 1.77. The van der Waals surface area contributed by atoms with Gasteiger partial charge < -0.3 is 9.72 Å². The van der Waals surface area contributed by atoms with Crippen molar-refractivity contribution in [3.8, 4) is 34.0 Å². The second-order valence-corrected chi connectivity index (χ2v) is 6.56. The average Bonchev–Trinajstić information content (AvgIpc) is 2.80. The first-order valence-electron chi connectivity index (χ1n) is 9.35. The summed E-state index contributed by atoms with van der Waals surface area (Å²) in [6, 6.07) is 36.1. The Morgan fingerprint density at radius 2 is 1.30 bits per heavy atom. The van der Waals surface area contributed by atoms with Crippen LogP contribution in [0.15, 0.2) is 97.2 Å². The zero-order valence-electron chi connectivity index (χ0n) is 15.9. The Kier molecular flexibility index (Phi) is 6.00. The maximum absolute atomic E-state index is 6.02. The zero-order valence-corrected chi connectivity index (χ0v) is 17.4. The van der Waals surface area contributed by atoms with Crippen LogP contribution in [-0.2, 0) is 20.4 Å². The van der Waals surface area contributed by atoms with Gasteiger partial charge in [-0.25, -0.2) is 0 Å². The maximum atomic E-state index is 6.02. The molecule has 0 saturated heterocycles. The van der Waals surface area contributed by atoms with E-state index >= 15 is 0 Å². The van der Waals surface area contributed by atoms with Crippen LogP contribution < -0.4 is 4.74 Å². The normalized spacial score (nSPS) is 10.4. The standard InChI is InChI=1S/C26H16N2O.Pd/c1-2-13-25-19(7-1)14-15-26(28-25)21-9-6-11-23(18-21)29-22-10-5-8-20(17-22)24-12-3-4-16-27-24;/h1-16H;/q-2;+2. The Hall–Kier alpha value is -3.32. The van der Waals surface area contributed by atoms with Crippen molar-refractivity contribution in [2.24, 2.45) is 0 Å². The Morgan fingerprint density at radius 1 is 0.600 bits per heavy atom. The Balaban J connectivity index is 0.00000218. The first kappa shape index (κ1) is 20.0. The maximum Gasteiger partial charge on any atom is 2.00 e. The molecule has 0 spiro atoms. The van der Waals surface area contributed by atoms with Crippen LogP contribution >= 0.6 is 0 Å². The Bertz CT molecular complexity index is 1290. The van der Waals surface area contributed by atoms with Crippen molar-refractivity contribution >= 4 is 10.9 Å². The number of pyridine rings is 2. The molecule has 5 aromatic rings. The van der Waals surface area contributed by atoms with E-state index in [9.17, 15) is 0 Å². The van der Waals surface area contributed by atoms with E-state index in [1.165, 1.54) is 0 Å². The minimum absolute atomic E-state index is 0. The third-order valence-electron chi connectivity index (χ3n) is 4.57. The summed E-state index contributed by atoms with van der Waals surface area (Å²) in [4.78, 5) is 9.12. The van der Waals surface area contributed by atoms with Crippen LogP contribution in [0, 0.1) is 12.1 Å². The largest absolute Gasteiger partial charge is 2.00 e. The average molecular weight is 479 g/mol. The van der Waals surface area contributed by atoms with Crippen molar-refractivity contribution in [2.75, 3.05) is 0 Å². The molecule has 0 atom stereocenters. The fourth-order valence-corrected chi connectivity index (χ4v) is 3.17. The van der Waals surface area contributed by atoms with E-state index in [1.807, 2.05) is 78.9 Å². The molecule has 5 rings (SSSR count). The third-order valence-corrected chi connectivity index (χ3v) is 4.57. The Morgan fingerprint density at radius 3 is 2.03 bits per heavy atom.